The summed E-state index contributed by atoms with van der Waals surface area (Å²) in [5, 5.41) is 10.2. The zero-order valence-electron chi connectivity index (χ0n) is 7.18. The van der Waals surface area contributed by atoms with Gasteiger partial charge in [0, 0.05) is 6.07 Å². The molecular formula is C7H5F2NO4S. The van der Waals surface area contributed by atoms with Crippen molar-refractivity contribution in [1.82, 2.24) is 0 Å². The van der Waals surface area contributed by atoms with Crippen molar-refractivity contribution in [3.8, 4) is 0 Å². The van der Waals surface area contributed by atoms with Gasteiger partial charge in [0.2, 0.25) is 5.82 Å². The molecule has 0 radical (unpaired) electrons. The van der Waals surface area contributed by atoms with Gasteiger partial charge in [-0.1, -0.05) is 6.07 Å². The monoisotopic (exact) mass is 237 g/mol. The Kier molecular flexibility index (Phi) is 2.98. The molecule has 0 spiro atoms. The molecule has 15 heavy (non-hydrogen) atoms. The highest BCUT2D eigenvalue weighted by Gasteiger charge is 2.16. The Hall–Kier alpha value is -1.57. The minimum Gasteiger partial charge on any atom is -0.258 e. The summed E-state index contributed by atoms with van der Waals surface area (Å²) in [7, 11) is -4.76. The lowest BCUT2D eigenvalue weighted by molar-refractivity contribution is -0.387. The van der Waals surface area contributed by atoms with E-state index in [1.165, 1.54) is 0 Å². The van der Waals surface area contributed by atoms with Crippen LogP contribution in [-0.2, 0) is 16.0 Å². The second-order valence-corrected chi connectivity index (χ2v) is 4.09. The molecule has 5 nitrogen and oxygen atoms in total. The Bertz CT molecular complexity index is 500. The van der Waals surface area contributed by atoms with E-state index in [0.29, 0.717) is 6.07 Å². The van der Waals surface area contributed by atoms with Crippen LogP contribution in [0.3, 0.4) is 0 Å². The van der Waals surface area contributed by atoms with E-state index in [2.05, 4.69) is 0 Å². The molecule has 1 aromatic carbocycles. The maximum absolute atomic E-state index is 12.9. The molecule has 0 atom stereocenters. The topological polar surface area (TPSA) is 77.3 Å². The third-order valence-electron chi connectivity index (χ3n) is 1.55. The predicted octanol–water partition coefficient (Wildman–Crippen LogP) is 1.53. The second kappa shape index (κ2) is 3.89. The molecule has 0 saturated carbocycles. The van der Waals surface area contributed by atoms with Gasteiger partial charge in [0.25, 0.3) is 0 Å². The molecule has 0 aliphatic heterocycles. The van der Waals surface area contributed by atoms with E-state index in [4.69, 9.17) is 0 Å². The van der Waals surface area contributed by atoms with Gasteiger partial charge in [-0.05, 0) is 11.6 Å². The summed E-state index contributed by atoms with van der Waals surface area (Å²) in [5.74, 6) is -2.19. The number of halogens is 2. The molecule has 1 rings (SSSR count). The number of nitro groups is 1. The normalized spacial score (nSPS) is 11.3. The van der Waals surface area contributed by atoms with E-state index < -0.39 is 32.4 Å². The van der Waals surface area contributed by atoms with Gasteiger partial charge < -0.3 is 0 Å². The van der Waals surface area contributed by atoms with Crippen LogP contribution in [0.15, 0.2) is 18.2 Å². The molecular weight excluding hydrogens is 232 g/mol. The van der Waals surface area contributed by atoms with Gasteiger partial charge in [-0.15, -0.1) is 3.89 Å². The first-order valence-corrected chi connectivity index (χ1v) is 5.20. The quantitative estimate of drug-likeness (QED) is 0.453. The van der Waals surface area contributed by atoms with Gasteiger partial charge >= 0.3 is 15.9 Å². The highest BCUT2D eigenvalue weighted by molar-refractivity contribution is 7.85. The minimum absolute atomic E-state index is 0.180. The molecule has 0 amide bonds. The minimum atomic E-state index is -4.76. The molecule has 0 aromatic heterocycles. The van der Waals surface area contributed by atoms with Crippen LogP contribution in [0.2, 0.25) is 0 Å². The molecule has 0 fully saturated rings. The van der Waals surface area contributed by atoms with Crippen LogP contribution in [0.5, 0.6) is 0 Å². The molecule has 0 saturated heterocycles. The highest BCUT2D eigenvalue weighted by atomic mass is 32.3. The van der Waals surface area contributed by atoms with Crippen LogP contribution in [0.1, 0.15) is 5.56 Å². The van der Waals surface area contributed by atoms with E-state index in [-0.39, 0.29) is 5.56 Å². The van der Waals surface area contributed by atoms with E-state index in [9.17, 15) is 26.8 Å². The van der Waals surface area contributed by atoms with Crippen molar-refractivity contribution in [3.05, 3.63) is 39.7 Å². The Morgan fingerprint density at radius 1 is 1.40 bits per heavy atom. The van der Waals surface area contributed by atoms with Crippen molar-refractivity contribution in [3.63, 3.8) is 0 Å². The number of rotatable bonds is 3. The maximum Gasteiger partial charge on any atom is 0.306 e. The van der Waals surface area contributed by atoms with E-state index in [0.717, 1.165) is 12.1 Å². The predicted molar refractivity (Wildman–Crippen MR) is 46.8 cm³/mol. The highest BCUT2D eigenvalue weighted by Crippen LogP contribution is 2.19. The number of nitro benzene ring substituents is 1. The van der Waals surface area contributed by atoms with E-state index >= 15 is 0 Å². The second-order valence-electron chi connectivity index (χ2n) is 2.73. The van der Waals surface area contributed by atoms with Gasteiger partial charge in [0.1, 0.15) is 5.75 Å². The lowest BCUT2D eigenvalue weighted by atomic mass is 10.2. The Morgan fingerprint density at radius 2 is 2.00 bits per heavy atom. The summed E-state index contributed by atoms with van der Waals surface area (Å²) in [6.45, 7) is 0. The first kappa shape index (κ1) is 11.5. The SMILES string of the molecule is O=[N+]([O-])c1ccc(CS(=O)(=O)F)cc1F. The summed E-state index contributed by atoms with van der Waals surface area (Å²) in [6, 6.07) is 2.39. The van der Waals surface area contributed by atoms with E-state index in [1.807, 2.05) is 0 Å². The molecule has 0 N–H and O–H groups in total. The fourth-order valence-electron chi connectivity index (χ4n) is 0.987. The first-order valence-electron chi connectivity index (χ1n) is 3.65. The van der Waals surface area contributed by atoms with Crippen LogP contribution in [0, 0.1) is 15.9 Å². The lowest BCUT2D eigenvalue weighted by Crippen LogP contribution is -1.98. The lowest BCUT2D eigenvalue weighted by Gasteiger charge is -1.98. The summed E-state index contributed by atoms with van der Waals surface area (Å²) >= 11 is 0. The fraction of sp³-hybridized carbons (Fsp3) is 0.143. The molecule has 0 aliphatic rings. The average Bonchev–Trinajstić information content (AvgIpc) is 1.99. The number of hydrogen-bond donors (Lipinski definition) is 0. The average molecular weight is 237 g/mol. The Labute approximate surface area is 83.7 Å². The summed E-state index contributed by atoms with van der Waals surface area (Å²) < 4.78 is 45.5. The summed E-state index contributed by atoms with van der Waals surface area (Å²) in [5.41, 5.74) is -0.962. The van der Waals surface area contributed by atoms with Gasteiger partial charge in [-0.25, -0.2) is 0 Å². The maximum atomic E-state index is 12.9. The van der Waals surface area contributed by atoms with Crippen LogP contribution >= 0.6 is 0 Å². The van der Waals surface area contributed by atoms with Gasteiger partial charge in [0.05, 0.1) is 4.92 Å². The number of hydrogen-bond acceptors (Lipinski definition) is 4. The number of nitrogens with zero attached hydrogens (tertiary/aromatic N) is 1. The van der Waals surface area contributed by atoms with Crippen LogP contribution in [0.25, 0.3) is 0 Å². The Balaban J connectivity index is 3.07. The first-order chi connectivity index (χ1) is 6.79. The molecule has 0 bridgehead atoms. The molecule has 0 unspecified atom stereocenters. The van der Waals surface area contributed by atoms with Crippen molar-refractivity contribution in [1.29, 1.82) is 0 Å². The Morgan fingerprint density at radius 3 is 2.40 bits per heavy atom. The molecule has 1 aromatic rings. The fourth-order valence-corrected chi connectivity index (χ4v) is 1.57. The zero-order chi connectivity index (χ0) is 11.6. The molecule has 8 heteroatoms. The van der Waals surface area contributed by atoms with Gasteiger partial charge in [-0.2, -0.15) is 12.8 Å². The van der Waals surface area contributed by atoms with Crippen molar-refractivity contribution >= 4 is 15.9 Å². The zero-order valence-corrected chi connectivity index (χ0v) is 8.00. The van der Waals surface area contributed by atoms with Crippen molar-refractivity contribution in [2.24, 2.45) is 0 Å². The molecule has 0 aliphatic carbocycles. The largest absolute Gasteiger partial charge is 0.306 e. The van der Waals surface area contributed by atoms with E-state index in [1.54, 1.807) is 0 Å². The smallest absolute Gasteiger partial charge is 0.258 e. The standard InChI is InChI=1S/C7H5F2NO4S/c8-6-3-5(4-15(9,13)14)1-2-7(6)10(11)12/h1-3H,4H2. The van der Waals surface area contributed by atoms with Crippen molar-refractivity contribution < 1.29 is 21.6 Å². The van der Waals surface area contributed by atoms with Crippen molar-refractivity contribution in [2.45, 2.75) is 5.75 Å². The third-order valence-corrected chi connectivity index (χ3v) is 2.23. The van der Waals surface area contributed by atoms with Crippen molar-refractivity contribution in [2.75, 3.05) is 0 Å². The molecule has 82 valence electrons. The van der Waals surface area contributed by atoms with Crippen LogP contribution in [0.4, 0.5) is 14.0 Å². The molecule has 0 heterocycles. The van der Waals surface area contributed by atoms with Gasteiger partial charge in [-0.3, -0.25) is 10.1 Å². The van der Waals surface area contributed by atoms with Crippen LogP contribution < -0.4 is 0 Å². The summed E-state index contributed by atoms with van der Waals surface area (Å²) in [6.07, 6.45) is 0. The number of benzene rings is 1. The van der Waals surface area contributed by atoms with Gasteiger partial charge in [0.15, 0.2) is 0 Å². The van der Waals surface area contributed by atoms with Crippen LogP contribution in [-0.4, -0.2) is 13.3 Å². The third kappa shape index (κ3) is 3.24. The summed E-state index contributed by atoms with van der Waals surface area (Å²) in [4.78, 5) is 9.24.